The third-order valence-corrected chi connectivity index (χ3v) is 5.73. The molecule has 0 aromatic carbocycles. The number of rotatable bonds is 4. The number of anilines is 1. The smallest absolute Gasteiger partial charge is 0.253 e. The summed E-state index contributed by atoms with van der Waals surface area (Å²) in [6.07, 6.45) is 4.99. The van der Waals surface area contributed by atoms with E-state index in [1.54, 1.807) is 23.7 Å². The standard InChI is InChI=1S/C18H22N4O2S/c1-12-20-15(11-25-12)9-22-6-4-13-7-16(24-17(13)10-22)18(23)21-14-3-2-5-19-8-14/h2-3,5,8,11,13,16-17H,4,6-7,9-10H2,1H3,(H,21,23)/t13-,16-,17+/m1/s1. The molecule has 2 aromatic rings. The van der Waals surface area contributed by atoms with Gasteiger partial charge >= 0.3 is 0 Å². The van der Waals surface area contributed by atoms with Gasteiger partial charge in [0.25, 0.3) is 5.91 Å². The van der Waals surface area contributed by atoms with Gasteiger partial charge in [0.1, 0.15) is 6.10 Å². The topological polar surface area (TPSA) is 67.4 Å². The predicted octanol–water partition coefficient (Wildman–Crippen LogP) is 2.46. The van der Waals surface area contributed by atoms with Crippen LogP contribution < -0.4 is 5.32 Å². The van der Waals surface area contributed by atoms with Crippen LogP contribution in [0, 0.1) is 12.8 Å². The van der Waals surface area contributed by atoms with Gasteiger partial charge in [-0.3, -0.25) is 14.7 Å². The number of hydrogen-bond acceptors (Lipinski definition) is 6. The minimum Gasteiger partial charge on any atom is -0.364 e. The molecular weight excluding hydrogens is 336 g/mol. The maximum atomic E-state index is 12.4. The van der Waals surface area contributed by atoms with Crippen molar-refractivity contribution in [3.05, 3.63) is 40.6 Å². The number of pyridine rings is 1. The van der Waals surface area contributed by atoms with Crippen LogP contribution in [0.15, 0.2) is 29.9 Å². The lowest BCUT2D eigenvalue weighted by molar-refractivity contribution is -0.127. The van der Waals surface area contributed by atoms with Gasteiger partial charge < -0.3 is 10.1 Å². The van der Waals surface area contributed by atoms with Gasteiger partial charge in [0.2, 0.25) is 0 Å². The van der Waals surface area contributed by atoms with E-state index in [4.69, 9.17) is 4.74 Å². The van der Waals surface area contributed by atoms with Crippen LogP contribution >= 0.6 is 11.3 Å². The zero-order valence-corrected chi connectivity index (χ0v) is 15.0. The third kappa shape index (κ3) is 3.89. The second kappa shape index (κ2) is 7.19. The Balaban J connectivity index is 1.33. The highest BCUT2D eigenvalue weighted by atomic mass is 32.1. The van der Waals surface area contributed by atoms with E-state index in [0.717, 1.165) is 43.2 Å². The van der Waals surface area contributed by atoms with Gasteiger partial charge in [-0.2, -0.15) is 0 Å². The molecule has 0 aliphatic carbocycles. The summed E-state index contributed by atoms with van der Waals surface area (Å²) >= 11 is 1.69. The Hall–Kier alpha value is -1.83. The maximum Gasteiger partial charge on any atom is 0.253 e. The molecule has 0 bridgehead atoms. The van der Waals surface area contributed by atoms with E-state index >= 15 is 0 Å². The molecule has 2 fully saturated rings. The van der Waals surface area contributed by atoms with E-state index < -0.39 is 0 Å². The van der Waals surface area contributed by atoms with Crippen LogP contribution in [-0.2, 0) is 16.1 Å². The second-order valence-corrected chi connectivity index (χ2v) is 7.83. The summed E-state index contributed by atoms with van der Waals surface area (Å²) in [5.74, 6) is 0.405. The quantitative estimate of drug-likeness (QED) is 0.909. The molecule has 3 atom stereocenters. The number of aryl methyl sites for hydroxylation is 1. The van der Waals surface area contributed by atoms with E-state index in [1.165, 1.54) is 0 Å². The van der Waals surface area contributed by atoms with Crippen LogP contribution in [0.25, 0.3) is 0 Å². The highest BCUT2D eigenvalue weighted by molar-refractivity contribution is 7.09. The van der Waals surface area contributed by atoms with Gasteiger partial charge in [-0.1, -0.05) is 0 Å². The highest BCUT2D eigenvalue weighted by Crippen LogP contribution is 2.34. The molecule has 2 aliphatic heterocycles. The molecule has 25 heavy (non-hydrogen) atoms. The summed E-state index contributed by atoms with van der Waals surface area (Å²) in [6, 6.07) is 3.65. The minimum atomic E-state index is -0.364. The van der Waals surface area contributed by atoms with E-state index in [9.17, 15) is 4.79 Å². The largest absolute Gasteiger partial charge is 0.364 e. The van der Waals surface area contributed by atoms with Crippen LogP contribution in [0.5, 0.6) is 0 Å². The Labute approximate surface area is 151 Å². The fourth-order valence-corrected chi connectivity index (χ4v) is 4.28. The average molecular weight is 358 g/mol. The molecule has 1 N–H and O–H groups in total. The molecule has 0 saturated carbocycles. The maximum absolute atomic E-state index is 12.4. The summed E-state index contributed by atoms with van der Waals surface area (Å²) in [5.41, 5.74) is 1.84. The zero-order valence-electron chi connectivity index (χ0n) is 14.2. The van der Waals surface area contributed by atoms with E-state index in [0.29, 0.717) is 11.6 Å². The number of aromatic nitrogens is 2. The number of likely N-dealkylation sites (tertiary alicyclic amines) is 1. The summed E-state index contributed by atoms with van der Waals surface area (Å²) in [4.78, 5) is 23.4. The first-order valence-electron chi connectivity index (χ1n) is 8.67. The lowest BCUT2D eigenvalue weighted by Crippen LogP contribution is -2.42. The Morgan fingerprint density at radius 3 is 3.20 bits per heavy atom. The molecule has 4 heterocycles. The number of hydrogen-bond donors (Lipinski definition) is 1. The summed E-state index contributed by atoms with van der Waals surface area (Å²) in [5, 5.41) is 6.13. The van der Waals surface area contributed by atoms with Crippen LogP contribution in [0.3, 0.4) is 0 Å². The van der Waals surface area contributed by atoms with Crippen molar-refractivity contribution >= 4 is 22.9 Å². The third-order valence-electron chi connectivity index (χ3n) is 4.91. The predicted molar refractivity (Wildman–Crippen MR) is 96.4 cm³/mol. The molecular formula is C18H22N4O2S. The van der Waals surface area contributed by atoms with Crippen molar-refractivity contribution in [1.29, 1.82) is 0 Å². The molecule has 0 unspecified atom stereocenters. The molecule has 0 spiro atoms. The summed E-state index contributed by atoms with van der Waals surface area (Å²) in [7, 11) is 0. The summed E-state index contributed by atoms with van der Waals surface area (Å²) in [6.45, 7) is 4.81. The van der Waals surface area contributed by atoms with Gasteiger partial charge in [-0.25, -0.2) is 4.98 Å². The molecule has 1 amide bonds. The fourth-order valence-electron chi connectivity index (χ4n) is 3.68. The number of nitrogens with zero attached hydrogens (tertiary/aromatic N) is 3. The number of carbonyl (C=O) groups excluding carboxylic acids is 1. The van der Waals surface area contributed by atoms with Crippen molar-refractivity contribution in [2.24, 2.45) is 5.92 Å². The lowest BCUT2D eigenvalue weighted by atomic mass is 9.91. The molecule has 0 radical (unpaired) electrons. The van der Waals surface area contributed by atoms with Crippen molar-refractivity contribution in [2.45, 2.75) is 38.5 Å². The number of nitrogens with one attached hydrogen (secondary N) is 1. The van der Waals surface area contributed by atoms with Crippen molar-refractivity contribution in [3.63, 3.8) is 0 Å². The number of piperidine rings is 1. The molecule has 2 saturated heterocycles. The van der Waals surface area contributed by atoms with Crippen molar-refractivity contribution in [2.75, 3.05) is 18.4 Å². The number of fused-ring (bicyclic) bond motifs is 1. The number of thiazole rings is 1. The second-order valence-electron chi connectivity index (χ2n) is 6.77. The van der Waals surface area contributed by atoms with Gasteiger partial charge in [0.05, 0.1) is 28.7 Å². The highest BCUT2D eigenvalue weighted by Gasteiger charge is 2.41. The first-order chi connectivity index (χ1) is 12.2. The molecule has 2 aromatic heterocycles. The average Bonchev–Trinajstić information content (AvgIpc) is 3.21. The first-order valence-corrected chi connectivity index (χ1v) is 9.55. The van der Waals surface area contributed by atoms with Crippen LogP contribution in [-0.4, -0.2) is 46.1 Å². The van der Waals surface area contributed by atoms with E-state index in [2.05, 4.69) is 25.6 Å². The number of carbonyl (C=O) groups is 1. The lowest BCUT2D eigenvalue weighted by Gasteiger charge is -2.33. The molecule has 7 heteroatoms. The molecule has 132 valence electrons. The summed E-state index contributed by atoms with van der Waals surface area (Å²) < 4.78 is 6.08. The Kier molecular flexibility index (Phi) is 4.78. The fraction of sp³-hybridized carbons (Fsp3) is 0.500. The van der Waals surface area contributed by atoms with Gasteiger partial charge in [0, 0.05) is 24.7 Å². The minimum absolute atomic E-state index is 0.0657. The van der Waals surface area contributed by atoms with Crippen molar-refractivity contribution < 1.29 is 9.53 Å². The van der Waals surface area contributed by atoms with E-state index in [1.807, 2.05) is 19.1 Å². The number of amides is 1. The Morgan fingerprint density at radius 1 is 1.52 bits per heavy atom. The van der Waals surface area contributed by atoms with Gasteiger partial charge in [-0.15, -0.1) is 11.3 Å². The molecule has 2 aliphatic rings. The Morgan fingerprint density at radius 2 is 2.44 bits per heavy atom. The van der Waals surface area contributed by atoms with Crippen LogP contribution in [0.4, 0.5) is 5.69 Å². The Bertz CT molecular complexity index is 736. The molecule has 6 nitrogen and oxygen atoms in total. The monoisotopic (exact) mass is 358 g/mol. The first kappa shape index (κ1) is 16.6. The van der Waals surface area contributed by atoms with E-state index in [-0.39, 0.29) is 18.1 Å². The van der Waals surface area contributed by atoms with Gasteiger partial charge in [-0.05, 0) is 44.4 Å². The number of ether oxygens (including phenoxy) is 1. The molecule has 4 rings (SSSR count). The SMILES string of the molecule is Cc1nc(CN2CC[C@@H]3C[C@H](C(=O)Nc4cccnc4)O[C@H]3C2)cs1. The normalized spacial score (nSPS) is 26.4. The van der Waals surface area contributed by atoms with Crippen LogP contribution in [0.1, 0.15) is 23.5 Å². The van der Waals surface area contributed by atoms with Gasteiger partial charge in [0.15, 0.2) is 0 Å². The van der Waals surface area contributed by atoms with Crippen LogP contribution in [0.2, 0.25) is 0 Å². The van der Waals surface area contributed by atoms with Crippen molar-refractivity contribution in [3.8, 4) is 0 Å². The van der Waals surface area contributed by atoms with Crippen molar-refractivity contribution in [1.82, 2.24) is 14.9 Å². The zero-order chi connectivity index (χ0) is 17.2.